The van der Waals surface area contributed by atoms with E-state index in [1.165, 1.54) is 11.3 Å². The minimum Gasteiger partial charge on any atom is -0.383 e. The lowest BCUT2D eigenvalue weighted by molar-refractivity contribution is 0.0909. The van der Waals surface area contributed by atoms with Crippen molar-refractivity contribution in [2.45, 2.75) is 13.0 Å². The summed E-state index contributed by atoms with van der Waals surface area (Å²) in [5.41, 5.74) is 0. The summed E-state index contributed by atoms with van der Waals surface area (Å²) in [5.74, 6) is -0.0507. The van der Waals surface area contributed by atoms with Crippen molar-refractivity contribution in [3.63, 3.8) is 0 Å². The first-order chi connectivity index (χ1) is 6.63. The molecule has 1 N–H and O–H groups in total. The van der Waals surface area contributed by atoms with Crippen LogP contribution in [0.5, 0.6) is 0 Å². The zero-order chi connectivity index (χ0) is 10.6. The number of methoxy groups -OCH3 is 1. The summed E-state index contributed by atoms with van der Waals surface area (Å²) in [6.45, 7) is 2.43. The second kappa shape index (κ2) is 5.48. The molecular formula is C9H12BrNO2S. The Bertz CT molecular complexity index is 314. The highest BCUT2D eigenvalue weighted by molar-refractivity contribution is 9.11. The number of amides is 1. The van der Waals surface area contributed by atoms with Crippen LogP contribution in [-0.4, -0.2) is 25.7 Å². The molecule has 14 heavy (non-hydrogen) atoms. The van der Waals surface area contributed by atoms with Gasteiger partial charge in [-0.15, -0.1) is 11.3 Å². The van der Waals surface area contributed by atoms with Crippen LogP contribution >= 0.6 is 27.3 Å². The van der Waals surface area contributed by atoms with Gasteiger partial charge < -0.3 is 10.1 Å². The minimum atomic E-state index is -0.0507. The number of carbonyl (C=O) groups excluding carboxylic acids is 1. The zero-order valence-electron chi connectivity index (χ0n) is 8.04. The predicted octanol–water partition coefficient (Wildman–Crippen LogP) is 2.28. The second-order valence-corrected chi connectivity index (χ2v) is 5.40. The SMILES string of the molecule is COCC(C)NC(=O)c1ccc(Br)s1. The number of carbonyl (C=O) groups is 1. The average Bonchev–Trinajstić information content (AvgIpc) is 2.52. The van der Waals surface area contributed by atoms with E-state index < -0.39 is 0 Å². The average molecular weight is 278 g/mol. The number of nitrogens with one attached hydrogen (secondary N) is 1. The number of halogens is 1. The Balaban J connectivity index is 2.50. The number of thiophene rings is 1. The fourth-order valence-electron chi connectivity index (χ4n) is 1.02. The molecule has 0 radical (unpaired) electrons. The van der Waals surface area contributed by atoms with E-state index in [0.717, 1.165) is 3.79 Å². The summed E-state index contributed by atoms with van der Waals surface area (Å²) in [6.07, 6.45) is 0. The highest BCUT2D eigenvalue weighted by atomic mass is 79.9. The molecule has 1 aromatic rings. The van der Waals surface area contributed by atoms with E-state index in [-0.39, 0.29) is 11.9 Å². The number of rotatable bonds is 4. The van der Waals surface area contributed by atoms with Crippen molar-refractivity contribution in [2.75, 3.05) is 13.7 Å². The van der Waals surface area contributed by atoms with E-state index in [9.17, 15) is 4.79 Å². The molecule has 1 heterocycles. The van der Waals surface area contributed by atoms with Gasteiger partial charge in [-0.2, -0.15) is 0 Å². The monoisotopic (exact) mass is 277 g/mol. The summed E-state index contributed by atoms with van der Waals surface area (Å²) in [7, 11) is 1.62. The van der Waals surface area contributed by atoms with Gasteiger partial charge in [-0.1, -0.05) is 0 Å². The number of hydrogen-bond acceptors (Lipinski definition) is 3. The summed E-state index contributed by atoms with van der Waals surface area (Å²) in [6, 6.07) is 3.69. The van der Waals surface area contributed by atoms with Gasteiger partial charge in [-0.25, -0.2) is 0 Å². The largest absolute Gasteiger partial charge is 0.383 e. The molecule has 78 valence electrons. The molecule has 1 rings (SSSR count). The predicted molar refractivity (Wildman–Crippen MR) is 60.8 cm³/mol. The summed E-state index contributed by atoms with van der Waals surface area (Å²) in [5, 5.41) is 2.84. The Morgan fingerprint density at radius 1 is 1.71 bits per heavy atom. The van der Waals surface area contributed by atoms with Gasteiger partial charge in [0.05, 0.1) is 15.3 Å². The lowest BCUT2D eigenvalue weighted by Gasteiger charge is -2.11. The lowest BCUT2D eigenvalue weighted by Crippen LogP contribution is -2.35. The molecule has 3 nitrogen and oxygen atoms in total. The Labute approximate surface area is 95.6 Å². The van der Waals surface area contributed by atoms with E-state index in [1.54, 1.807) is 13.2 Å². The van der Waals surface area contributed by atoms with Gasteiger partial charge in [0.25, 0.3) is 5.91 Å². The molecule has 0 fully saturated rings. The topological polar surface area (TPSA) is 38.3 Å². The standard InChI is InChI=1S/C9H12BrNO2S/c1-6(5-13-2)11-9(12)7-3-4-8(10)14-7/h3-4,6H,5H2,1-2H3,(H,11,12). The molecule has 1 unspecified atom stereocenters. The van der Waals surface area contributed by atoms with Crippen LogP contribution in [0.4, 0.5) is 0 Å². The molecule has 1 amide bonds. The van der Waals surface area contributed by atoms with Crippen molar-refractivity contribution < 1.29 is 9.53 Å². The van der Waals surface area contributed by atoms with Crippen molar-refractivity contribution in [1.82, 2.24) is 5.32 Å². The van der Waals surface area contributed by atoms with Gasteiger partial charge in [0.2, 0.25) is 0 Å². The Morgan fingerprint density at radius 3 is 2.93 bits per heavy atom. The minimum absolute atomic E-state index is 0.0355. The van der Waals surface area contributed by atoms with Crippen LogP contribution in [0.2, 0.25) is 0 Å². The van der Waals surface area contributed by atoms with Gasteiger partial charge in [0.1, 0.15) is 0 Å². The summed E-state index contributed by atoms with van der Waals surface area (Å²) >= 11 is 4.73. The maximum absolute atomic E-state index is 11.6. The van der Waals surface area contributed by atoms with Crippen molar-refractivity contribution in [1.29, 1.82) is 0 Å². The van der Waals surface area contributed by atoms with Crippen LogP contribution in [0, 0.1) is 0 Å². The normalized spacial score (nSPS) is 12.5. The van der Waals surface area contributed by atoms with Crippen LogP contribution in [0.3, 0.4) is 0 Å². The van der Waals surface area contributed by atoms with Gasteiger partial charge in [0.15, 0.2) is 0 Å². The molecule has 0 aliphatic rings. The second-order valence-electron chi connectivity index (χ2n) is 2.93. The third kappa shape index (κ3) is 3.40. The molecule has 0 spiro atoms. The zero-order valence-corrected chi connectivity index (χ0v) is 10.4. The highest BCUT2D eigenvalue weighted by Crippen LogP contribution is 2.21. The van der Waals surface area contributed by atoms with Crippen molar-refractivity contribution in [3.05, 3.63) is 20.8 Å². The quantitative estimate of drug-likeness (QED) is 0.917. The van der Waals surface area contributed by atoms with Gasteiger partial charge in [0, 0.05) is 13.2 Å². The molecule has 5 heteroatoms. The maximum atomic E-state index is 11.6. The third-order valence-electron chi connectivity index (χ3n) is 1.59. The van der Waals surface area contributed by atoms with Crippen LogP contribution in [0.25, 0.3) is 0 Å². The fraction of sp³-hybridized carbons (Fsp3) is 0.444. The molecule has 1 atom stereocenters. The molecule has 0 aliphatic heterocycles. The van der Waals surface area contributed by atoms with E-state index in [1.807, 2.05) is 13.0 Å². The Morgan fingerprint density at radius 2 is 2.43 bits per heavy atom. The third-order valence-corrected chi connectivity index (χ3v) is 3.21. The van der Waals surface area contributed by atoms with E-state index in [2.05, 4.69) is 21.2 Å². The maximum Gasteiger partial charge on any atom is 0.261 e. The van der Waals surface area contributed by atoms with E-state index >= 15 is 0 Å². The smallest absolute Gasteiger partial charge is 0.261 e. The molecule has 0 saturated heterocycles. The van der Waals surface area contributed by atoms with Crippen molar-refractivity contribution in [2.24, 2.45) is 0 Å². The van der Waals surface area contributed by atoms with Gasteiger partial charge in [-0.05, 0) is 35.0 Å². The number of hydrogen-bond donors (Lipinski definition) is 1. The Hall–Kier alpha value is -0.390. The van der Waals surface area contributed by atoms with Crippen LogP contribution in [-0.2, 0) is 4.74 Å². The summed E-state index contributed by atoms with van der Waals surface area (Å²) < 4.78 is 5.89. The first kappa shape index (κ1) is 11.7. The molecule has 0 aromatic carbocycles. The molecular weight excluding hydrogens is 266 g/mol. The van der Waals surface area contributed by atoms with Crippen molar-refractivity contribution >= 4 is 33.2 Å². The first-order valence-electron chi connectivity index (χ1n) is 4.18. The van der Waals surface area contributed by atoms with Gasteiger partial charge >= 0.3 is 0 Å². The molecule has 1 aromatic heterocycles. The van der Waals surface area contributed by atoms with E-state index in [4.69, 9.17) is 4.74 Å². The van der Waals surface area contributed by atoms with Crippen molar-refractivity contribution in [3.8, 4) is 0 Å². The van der Waals surface area contributed by atoms with E-state index in [0.29, 0.717) is 11.5 Å². The van der Waals surface area contributed by atoms with Crippen LogP contribution in [0.1, 0.15) is 16.6 Å². The first-order valence-corrected chi connectivity index (χ1v) is 5.79. The summed E-state index contributed by atoms with van der Waals surface area (Å²) in [4.78, 5) is 12.3. The van der Waals surface area contributed by atoms with Gasteiger partial charge in [-0.3, -0.25) is 4.79 Å². The highest BCUT2D eigenvalue weighted by Gasteiger charge is 2.11. The fourth-order valence-corrected chi connectivity index (χ4v) is 2.31. The number of ether oxygens (including phenoxy) is 1. The Kier molecular flexibility index (Phi) is 4.57. The van der Waals surface area contributed by atoms with Crippen LogP contribution < -0.4 is 5.32 Å². The molecule has 0 aliphatic carbocycles. The lowest BCUT2D eigenvalue weighted by atomic mass is 10.3. The molecule has 0 bridgehead atoms. The molecule has 0 saturated carbocycles. The van der Waals surface area contributed by atoms with Crippen LogP contribution in [0.15, 0.2) is 15.9 Å².